The first kappa shape index (κ1) is 16.9. The van der Waals surface area contributed by atoms with E-state index in [4.69, 9.17) is 0 Å². The number of rotatable bonds is 6. The van der Waals surface area contributed by atoms with E-state index in [1.54, 1.807) is 19.1 Å². The lowest BCUT2D eigenvalue weighted by molar-refractivity contribution is -0.385. The van der Waals surface area contributed by atoms with E-state index in [2.05, 4.69) is 10.6 Å². The predicted molar refractivity (Wildman–Crippen MR) is 80.3 cm³/mol. The van der Waals surface area contributed by atoms with Crippen LogP contribution < -0.4 is 10.6 Å². The number of nitrogens with zero attached hydrogens (tertiary/aromatic N) is 1. The number of carbonyl (C=O) groups is 1. The highest BCUT2D eigenvalue weighted by atomic mass is 16.6. The molecule has 0 aliphatic rings. The number of aryl methyl sites for hydroxylation is 1. The third-order valence-electron chi connectivity index (χ3n) is 2.98. The van der Waals surface area contributed by atoms with Crippen molar-refractivity contribution in [1.29, 1.82) is 0 Å². The Balaban J connectivity index is 2.70. The van der Waals surface area contributed by atoms with Crippen LogP contribution >= 0.6 is 0 Å². The Kier molecular flexibility index (Phi) is 6.10. The average Bonchev–Trinajstić information content (AvgIpc) is 2.39. The molecular weight excluding hydrogens is 274 g/mol. The van der Waals surface area contributed by atoms with Crippen LogP contribution in [0.2, 0.25) is 0 Å². The molecule has 0 saturated carbocycles. The molecule has 1 rings (SSSR count). The van der Waals surface area contributed by atoms with Crippen LogP contribution in [-0.2, 0) is 0 Å². The Bertz CT molecular complexity index is 517. The fourth-order valence-corrected chi connectivity index (χ4v) is 1.98. The Morgan fingerprint density at radius 1 is 1.43 bits per heavy atom. The lowest BCUT2D eigenvalue weighted by atomic mass is 10.0. The zero-order valence-electron chi connectivity index (χ0n) is 12.4. The standard InChI is InChI=1S/C14H21N3O4/c1-9(2)6-12(8-18)16-14(19)15-11-5-4-10(3)13(7-11)17(20)21/h4-5,7,9,12,18H,6,8H2,1-3H3,(H2,15,16,19). The molecule has 0 radical (unpaired) electrons. The average molecular weight is 295 g/mol. The fraction of sp³-hybridized carbons (Fsp3) is 0.500. The van der Waals surface area contributed by atoms with Crippen molar-refractivity contribution in [2.75, 3.05) is 11.9 Å². The highest BCUT2D eigenvalue weighted by molar-refractivity contribution is 5.89. The second kappa shape index (κ2) is 7.58. The number of urea groups is 1. The Morgan fingerprint density at radius 2 is 2.10 bits per heavy atom. The molecule has 1 atom stereocenters. The smallest absolute Gasteiger partial charge is 0.319 e. The van der Waals surface area contributed by atoms with E-state index in [-0.39, 0.29) is 18.3 Å². The second-order valence-electron chi connectivity index (χ2n) is 5.37. The first-order valence-corrected chi connectivity index (χ1v) is 6.77. The molecule has 0 spiro atoms. The Morgan fingerprint density at radius 3 is 2.62 bits per heavy atom. The van der Waals surface area contributed by atoms with Gasteiger partial charge in [0, 0.05) is 17.3 Å². The molecule has 7 heteroatoms. The van der Waals surface area contributed by atoms with E-state index in [1.807, 2.05) is 13.8 Å². The van der Waals surface area contributed by atoms with Gasteiger partial charge in [0.1, 0.15) is 0 Å². The monoisotopic (exact) mass is 295 g/mol. The molecule has 0 aliphatic heterocycles. The summed E-state index contributed by atoms with van der Waals surface area (Å²) in [5, 5.41) is 25.2. The number of amides is 2. The van der Waals surface area contributed by atoms with Crippen molar-refractivity contribution in [3.63, 3.8) is 0 Å². The molecule has 0 fully saturated rings. The first-order chi connectivity index (χ1) is 9.83. The van der Waals surface area contributed by atoms with Gasteiger partial charge in [-0.05, 0) is 25.3 Å². The number of benzene rings is 1. The summed E-state index contributed by atoms with van der Waals surface area (Å²) in [5.41, 5.74) is 0.818. The summed E-state index contributed by atoms with van der Waals surface area (Å²) in [6.45, 7) is 5.46. The van der Waals surface area contributed by atoms with Crippen LogP contribution in [0.15, 0.2) is 18.2 Å². The van der Waals surface area contributed by atoms with E-state index in [0.29, 0.717) is 23.6 Å². The van der Waals surface area contributed by atoms with Gasteiger partial charge >= 0.3 is 6.03 Å². The van der Waals surface area contributed by atoms with Gasteiger partial charge < -0.3 is 15.7 Å². The SMILES string of the molecule is Cc1ccc(NC(=O)NC(CO)CC(C)C)cc1[N+](=O)[O-]. The van der Waals surface area contributed by atoms with E-state index < -0.39 is 11.0 Å². The number of aliphatic hydroxyl groups is 1. The van der Waals surface area contributed by atoms with Gasteiger partial charge in [-0.1, -0.05) is 19.9 Å². The third kappa shape index (κ3) is 5.39. The summed E-state index contributed by atoms with van der Waals surface area (Å²) in [6.07, 6.45) is 0.651. The lowest BCUT2D eigenvalue weighted by Crippen LogP contribution is -2.40. The summed E-state index contributed by atoms with van der Waals surface area (Å²) in [6, 6.07) is 3.65. The van der Waals surface area contributed by atoms with Crippen molar-refractivity contribution >= 4 is 17.4 Å². The molecule has 2 amide bonds. The maximum absolute atomic E-state index is 11.8. The summed E-state index contributed by atoms with van der Waals surface area (Å²) in [4.78, 5) is 22.2. The van der Waals surface area contributed by atoms with E-state index in [0.717, 1.165) is 0 Å². The quantitative estimate of drug-likeness (QED) is 0.553. The number of carbonyl (C=O) groups excluding carboxylic acids is 1. The zero-order valence-corrected chi connectivity index (χ0v) is 12.4. The van der Waals surface area contributed by atoms with Crippen LogP contribution in [-0.4, -0.2) is 28.7 Å². The number of hydrogen-bond donors (Lipinski definition) is 3. The number of hydrogen-bond acceptors (Lipinski definition) is 4. The molecule has 7 nitrogen and oxygen atoms in total. The molecule has 0 aromatic heterocycles. The van der Waals surface area contributed by atoms with Gasteiger partial charge in [0.15, 0.2) is 0 Å². The molecule has 1 aromatic carbocycles. The zero-order chi connectivity index (χ0) is 16.0. The van der Waals surface area contributed by atoms with Crippen molar-refractivity contribution in [2.24, 2.45) is 5.92 Å². The topological polar surface area (TPSA) is 104 Å². The minimum atomic E-state index is -0.493. The Labute approximate surface area is 123 Å². The molecule has 21 heavy (non-hydrogen) atoms. The molecule has 0 saturated heterocycles. The van der Waals surface area contributed by atoms with Crippen molar-refractivity contribution < 1.29 is 14.8 Å². The molecule has 1 aromatic rings. The first-order valence-electron chi connectivity index (χ1n) is 6.77. The van der Waals surface area contributed by atoms with Gasteiger partial charge in [-0.15, -0.1) is 0 Å². The number of nitro benzene ring substituents is 1. The number of nitro groups is 1. The number of aliphatic hydroxyl groups excluding tert-OH is 1. The highest BCUT2D eigenvalue weighted by Gasteiger charge is 2.15. The predicted octanol–water partition coefficient (Wildman–Crippen LogP) is 2.43. The molecule has 3 N–H and O–H groups in total. The van der Waals surface area contributed by atoms with Crippen LogP contribution in [0.25, 0.3) is 0 Å². The van der Waals surface area contributed by atoms with Gasteiger partial charge in [0.25, 0.3) is 5.69 Å². The summed E-state index contributed by atoms with van der Waals surface area (Å²) in [5.74, 6) is 0.336. The second-order valence-corrected chi connectivity index (χ2v) is 5.37. The van der Waals surface area contributed by atoms with Crippen molar-refractivity contribution in [3.8, 4) is 0 Å². The van der Waals surface area contributed by atoms with Crippen molar-refractivity contribution in [2.45, 2.75) is 33.2 Å². The lowest BCUT2D eigenvalue weighted by Gasteiger charge is -2.18. The van der Waals surface area contributed by atoms with Crippen LogP contribution in [0, 0.1) is 23.0 Å². The molecular formula is C14H21N3O4. The van der Waals surface area contributed by atoms with Gasteiger partial charge in [-0.3, -0.25) is 10.1 Å². The highest BCUT2D eigenvalue weighted by Crippen LogP contribution is 2.22. The largest absolute Gasteiger partial charge is 0.394 e. The van der Waals surface area contributed by atoms with Crippen LogP contribution in [0.3, 0.4) is 0 Å². The van der Waals surface area contributed by atoms with Gasteiger partial charge in [-0.2, -0.15) is 0 Å². The van der Waals surface area contributed by atoms with Gasteiger partial charge in [-0.25, -0.2) is 4.79 Å². The molecule has 0 bridgehead atoms. The van der Waals surface area contributed by atoms with Crippen LogP contribution in [0.5, 0.6) is 0 Å². The molecule has 1 unspecified atom stereocenters. The van der Waals surface area contributed by atoms with Crippen molar-refractivity contribution in [3.05, 3.63) is 33.9 Å². The summed E-state index contributed by atoms with van der Waals surface area (Å²) < 4.78 is 0. The normalized spacial score (nSPS) is 12.0. The number of anilines is 1. The van der Waals surface area contributed by atoms with Crippen molar-refractivity contribution in [1.82, 2.24) is 5.32 Å². The number of nitrogens with one attached hydrogen (secondary N) is 2. The summed E-state index contributed by atoms with van der Waals surface area (Å²) >= 11 is 0. The fourth-order valence-electron chi connectivity index (χ4n) is 1.98. The van der Waals surface area contributed by atoms with Gasteiger partial charge in [0.05, 0.1) is 17.6 Å². The van der Waals surface area contributed by atoms with Gasteiger partial charge in [0.2, 0.25) is 0 Å². The minimum Gasteiger partial charge on any atom is -0.394 e. The maximum Gasteiger partial charge on any atom is 0.319 e. The van der Waals surface area contributed by atoms with E-state index in [9.17, 15) is 20.0 Å². The van der Waals surface area contributed by atoms with E-state index >= 15 is 0 Å². The van der Waals surface area contributed by atoms with Crippen LogP contribution in [0.4, 0.5) is 16.2 Å². The minimum absolute atomic E-state index is 0.0475. The molecule has 116 valence electrons. The van der Waals surface area contributed by atoms with E-state index in [1.165, 1.54) is 6.07 Å². The van der Waals surface area contributed by atoms with Crippen LogP contribution in [0.1, 0.15) is 25.8 Å². The summed E-state index contributed by atoms with van der Waals surface area (Å²) in [7, 11) is 0. The molecule has 0 heterocycles. The third-order valence-corrected chi connectivity index (χ3v) is 2.98. The Hall–Kier alpha value is -2.15. The molecule has 0 aliphatic carbocycles. The maximum atomic E-state index is 11.8.